The van der Waals surface area contributed by atoms with E-state index in [9.17, 15) is 14.0 Å². The fourth-order valence-corrected chi connectivity index (χ4v) is 5.13. The highest BCUT2D eigenvalue weighted by atomic mass is 32.1. The fourth-order valence-electron chi connectivity index (χ4n) is 4.05. The van der Waals surface area contributed by atoms with Crippen molar-refractivity contribution in [1.29, 1.82) is 0 Å². The van der Waals surface area contributed by atoms with Crippen LogP contribution in [0.25, 0.3) is 21.5 Å². The van der Waals surface area contributed by atoms with Crippen molar-refractivity contribution in [3.05, 3.63) is 82.4 Å². The monoisotopic (exact) mass is 448 g/mol. The number of hydrogen-bond donors (Lipinski definition) is 2. The molecule has 0 saturated carbocycles. The first-order chi connectivity index (χ1) is 15.6. The molecule has 0 unspecified atom stereocenters. The van der Waals surface area contributed by atoms with E-state index in [2.05, 4.69) is 15.3 Å². The molecule has 1 aliphatic heterocycles. The van der Waals surface area contributed by atoms with Gasteiger partial charge in [-0.15, -0.1) is 0 Å². The largest absolute Gasteiger partial charge is 0.350 e. The summed E-state index contributed by atoms with van der Waals surface area (Å²) in [5, 5.41) is 3.64. The van der Waals surface area contributed by atoms with E-state index in [0.29, 0.717) is 39.7 Å². The molecule has 32 heavy (non-hydrogen) atoms. The smallest absolute Gasteiger partial charge is 0.275 e. The maximum absolute atomic E-state index is 14.2. The Kier molecular flexibility index (Phi) is 5.45. The molecule has 2 aromatic carbocycles. The minimum absolute atomic E-state index is 0.0495. The molecular formula is C24H21FN4O2S. The number of rotatable bonds is 5. The van der Waals surface area contributed by atoms with Gasteiger partial charge in [0.15, 0.2) is 5.13 Å². The number of aromatic nitrogens is 2. The molecule has 0 bridgehead atoms. The molecule has 0 radical (unpaired) electrons. The van der Waals surface area contributed by atoms with Crippen LogP contribution in [-0.4, -0.2) is 28.5 Å². The van der Waals surface area contributed by atoms with Crippen LogP contribution >= 0.6 is 11.3 Å². The Labute approximate surface area is 187 Å². The van der Waals surface area contributed by atoms with Crippen molar-refractivity contribution >= 4 is 32.6 Å². The first-order valence-corrected chi connectivity index (χ1v) is 11.3. The van der Waals surface area contributed by atoms with Crippen LogP contribution < -0.4 is 15.8 Å². The summed E-state index contributed by atoms with van der Waals surface area (Å²) in [5.74, 6) is -0.450. The number of pyridine rings is 1. The van der Waals surface area contributed by atoms with Gasteiger partial charge < -0.3 is 15.2 Å². The van der Waals surface area contributed by atoms with E-state index >= 15 is 0 Å². The predicted molar refractivity (Wildman–Crippen MR) is 124 cm³/mol. The average molecular weight is 449 g/mol. The number of carbonyl (C=O) groups excluding carboxylic acids is 1. The van der Waals surface area contributed by atoms with Crippen LogP contribution in [0.2, 0.25) is 0 Å². The summed E-state index contributed by atoms with van der Waals surface area (Å²) in [6.07, 6.45) is 1.60. The van der Waals surface area contributed by atoms with Gasteiger partial charge >= 0.3 is 0 Å². The van der Waals surface area contributed by atoms with Gasteiger partial charge in [-0.2, -0.15) is 0 Å². The van der Waals surface area contributed by atoms with Crippen LogP contribution in [0.15, 0.2) is 65.5 Å². The Morgan fingerprint density at radius 1 is 1.19 bits per heavy atom. The third-order valence-corrected chi connectivity index (χ3v) is 6.70. The molecular weight excluding hydrogens is 427 g/mol. The third kappa shape index (κ3) is 3.89. The van der Waals surface area contributed by atoms with Crippen molar-refractivity contribution in [3.8, 4) is 11.3 Å². The number of H-pyrrole nitrogens is 1. The third-order valence-electron chi connectivity index (χ3n) is 5.66. The molecule has 2 aromatic heterocycles. The molecule has 8 heteroatoms. The maximum atomic E-state index is 14.2. The Morgan fingerprint density at radius 2 is 1.97 bits per heavy atom. The minimum Gasteiger partial charge on any atom is -0.350 e. The molecule has 4 aromatic rings. The second kappa shape index (κ2) is 8.55. The summed E-state index contributed by atoms with van der Waals surface area (Å²) in [7, 11) is 0. The lowest BCUT2D eigenvalue weighted by Crippen LogP contribution is -2.43. The van der Waals surface area contributed by atoms with Crippen molar-refractivity contribution in [2.24, 2.45) is 0 Å². The maximum Gasteiger partial charge on any atom is 0.275 e. The highest BCUT2D eigenvalue weighted by molar-refractivity contribution is 7.22. The highest BCUT2D eigenvalue weighted by Gasteiger charge is 2.33. The number of nitrogens with zero attached hydrogens (tertiary/aromatic N) is 2. The minimum atomic E-state index is -0.401. The number of fused-ring (bicyclic) bond motifs is 1. The zero-order valence-electron chi connectivity index (χ0n) is 17.2. The standard InChI is InChI=1S/C24H21FN4O2S/c25-17-10-5-4-9-16(17)18-13-20-21(23(31)27-18)28-24(32-20)29-12-6-11-19(29)22(30)26-14-15-7-2-1-3-8-15/h1-5,7-10,13,19H,6,11-12,14H2,(H,26,30)(H,27,31)/t19-/m1/s1. The summed E-state index contributed by atoms with van der Waals surface area (Å²) in [5.41, 5.74) is 1.72. The van der Waals surface area contributed by atoms with Gasteiger partial charge in [0.05, 0.1) is 10.4 Å². The summed E-state index contributed by atoms with van der Waals surface area (Å²) >= 11 is 1.35. The number of halogens is 1. The Morgan fingerprint density at radius 3 is 2.78 bits per heavy atom. The van der Waals surface area contributed by atoms with Crippen LogP contribution in [0, 0.1) is 5.82 Å². The molecule has 0 spiro atoms. The Bertz CT molecular complexity index is 1330. The molecule has 6 nitrogen and oxygen atoms in total. The average Bonchev–Trinajstić information content (AvgIpc) is 3.46. The van der Waals surface area contributed by atoms with Gasteiger partial charge in [-0.25, -0.2) is 9.37 Å². The number of anilines is 1. The van der Waals surface area contributed by atoms with E-state index in [0.717, 1.165) is 18.4 Å². The van der Waals surface area contributed by atoms with Crippen LogP contribution in [0.3, 0.4) is 0 Å². The van der Waals surface area contributed by atoms with E-state index < -0.39 is 5.82 Å². The molecule has 2 N–H and O–H groups in total. The van der Waals surface area contributed by atoms with Crippen LogP contribution in [-0.2, 0) is 11.3 Å². The van der Waals surface area contributed by atoms with Gasteiger partial charge in [0.1, 0.15) is 17.4 Å². The van der Waals surface area contributed by atoms with Gasteiger partial charge in [-0.1, -0.05) is 53.8 Å². The van der Waals surface area contributed by atoms with Crippen LogP contribution in [0.4, 0.5) is 9.52 Å². The molecule has 0 aliphatic carbocycles. The highest BCUT2D eigenvalue weighted by Crippen LogP contribution is 2.34. The topological polar surface area (TPSA) is 78.1 Å². The van der Waals surface area contributed by atoms with Crippen molar-refractivity contribution in [3.63, 3.8) is 0 Å². The SMILES string of the molecule is O=C(NCc1ccccc1)[C@H]1CCCN1c1nc2c(=O)[nH]c(-c3ccccc3F)cc2s1. The summed E-state index contributed by atoms with van der Waals surface area (Å²) in [4.78, 5) is 34.8. The number of nitrogens with one attached hydrogen (secondary N) is 2. The molecule has 1 aliphatic rings. The van der Waals surface area contributed by atoms with Crippen molar-refractivity contribution in [2.45, 2.75) is 25.4 Å². The van der Waals surface area contributed by atoms with Gasteiger partial charge in [0.25, 0.3) is 5.56 Å². The molecule has 1 fully saturated rings. The van der Waals surface area contributed by atoms with Gasteiger partial charge in [0.2, 0.25) is 5.91 Å². The van der Waals surface area contributed by atoms with Crippen molar-refractivity contribution in [2.75, 3.05) is 11.4 Å². The lowest BCUT2D eigenvalue weighted by Gasteiger charge is -2.23. The lowest BCUT2D eigenvalue weighted by molar-refractivity contribution is -0.122. The van der Waals surface area contributed by atoms with Crippen LogP contribution in [0.5, 0.6) is 0 Å². The second-order valence-corrected chi connectivity index (χ2v) is 8.77. The number of hydrogen-bond acceptors (Lipinski definition) is 5. The molecule has 5 rings (SSSR count). The second-order valence-electron chi connectivity index (χ2n) is 7.76. The first-order valence-electron chi connectivity index (χ1n) is 10.5. The summed E-state index contributed by atoms with van der Waals surface area (Å²) in [6, 6.07) is 17.5. The van der Waals surface area contributed by atoms with E-state index in [-0.39, 0.29) is 17.5 Å². The number of thiazole rings is 1. The van der Waals surface area contributed by atoms with E-state index in [1.807, 2.05) is 35.2 Å². The van der Waals surface area contributed by atoms with Crippen LogP contribution in [0.1, 0.15) is 18.4 Å². The van der Waals surface area contributed by atoms with Crippen molar-refractivity contribution in [1.82, 2.24) is 15.3 Å². The zero-order chi connectivity index (χ0) is 22.1. The molecule has 1 amide bonds. The number of aromatic amines is 1. The summed E-state index contributed by atoms with van der Waals surface area (Å²) in [6.45, 7) is 1.16. The number of carbonyl (C=O) groups is 1. The Balaban J connectivity index is 1.41. The lowest BCUT2D eigenvalue weighted by atomic mass is 10.1. The normalized spacial score (nSPS) is 15.9. The quantitative estimate of drug-likeness (QED) is 0.482. The van der Waals surface area contributed by atoms with E-state index in [4.69, 9.17) is 0 Å². The van der Waals surface area contributed by atoms with Crippen molar-refractivity contribution < 1.29 is 9.18 Å². The zero-order valence-corrected chi connectivity index (χ0v) is 18.0. The fraction of sp³-hybridized carbons (Fsp3) is 0.208. The van der Waals surface area contributed by atoms with Gasteiger partial charge in [-0.3, -0.25) is 9.59 Å². The van der Waals surface area contributed by atoms with Gasteiger partial charge in [0, 0.05) is 18.7 Å². The molecule has 1 atom stereocenters. The first kappa shape index (κ1) is 20.4. The molecule has 1 saturated heterocycles. The number of benzene rings is 2. The Hall–Kier alpha value is -3.52. The van der Waals surface area contributed by atoms with Gasteiger partial charge in [-0.05, 0) is 36.6 Å². The van der Waals surface area contributed by atoms with E-state index in [1.54, 1.807) is 24.3 Å². The molecule has 162 valence electrons. The van der Waals surface area contributed by atoms with E-state index in [1.165, 1.54) is 17.4 Å². The summed E-state index contributed by atoms with van der Waals surface area (Å²) < 4.78 is 14.9. The molecule has 3 heterocycles. The number of amides is 1. The predicted octanol–water partition coefficient (Wildman–Crippen LogP) is 4.08.